The van der Waals surface area contributed by atoms with Gasteiger partial charge in [-0.05, 0) is 37.7 Å². The average molecular weight is 327 g/mol. The van der Waals surface area contributed by atoms with Crippen LogP contribution in [-0.2, 0) is 0 Å². The van der Waals surface area contributed by atoms with E-state index in [9.17, 15) is 18.0 Å². The molecule has 0 saturated heterocycles. The second-order valence-corrected chi connectivity index (χ2v) is 4.24. The summed E-state index contributed by atoms with van der Waals surface area (Å²) < 4.78 is 39.6. The molecule has 1 rings (SSSR count). The normalized spacial score (nSPS) is 12.2. The van der Waals surface area contributed by atoms with E-state index in [1.54, 1.807) is 0 Å². The summed E-state index contributed by atoms with van der Waals surface area (Å²) >= 11 is 0. The fourth-order valence-electron chi connectivity index (χ4n) is 1.58. The third kappa shape index (κ3) is 7.77. The van der Waals surface area contributed by atoms with Crippen molar-refractivity contribution in [3.05, 3.63) is 29.8 Å². The van der Waals surface area contributed by atoms with Gasteiger partial charge in [-0.1, -0.05) is 6.92 Å². The number of benzene rings is 1. The summed E-state index contributed by atoms with van der Waals surface area (Å²) in [7, 11) is 0. The molecule has 1 aromatic rings. The lowest BCUT2D eigenvalue weighted by Crippen LogP contribution is -2.38. The maximum atomic E-state index is 12.0. The fraction of sp³-hybridized carbons (Fsp3) is 0.462. The van der Waals surface area contributed by atoms with Crippen molar-refractivity contribution in [3.63, 3.8) is 0 Å². The molecule has 0 aliphatic heterocycles. The Morgan fingerprint density at radius 2 is 1.86 bits per heavy atom. The van der Waals surface area contributed by atoms with Gasteiger partial charge in [0.25, 0.3) is 5.91 Å². The molecule has 0 fully saturated rings. The minimum absolute atomic E-state index is 0. The molecule has 4 nitrogen and oxygen atoms in total. The highest BCUT2D eigenvalue weighted by Crippen LogP contribution is 2.22. The van der Waals surface area contributed by atoms with Gasteiger partial charge in [-0.15, -0.1) is 25.6 Å². The number of ether oxygens (including phenoxy) is 1. The smallest absolute Gasteiger partial charge is 0.406 e. The minimum Gasteiger partial charge on any atom is -0.406 e. The topological polar surface area (TPSA) is 50.4 Å². The molecular formula is C13H18ClF3N2O2. The average Bonchev–Trinajstić information content (AvgIpc) is 2.35. The van der Waals surface area contributed by atoms with Gasteiger partial charge in [0.2, 0.25) is 0 Å². The highest BCUT2D eigenvalue weighted by molar-refractivity contribution is 5.94. The van der Waals surface area contributed by atoms with Crippen molar-refractivity contribution in [2.75, 3.05) is 13.1 Å². The van der Waals surface area contributed by atoms with Gasteiger partial charge in [0.15, 0.2) is 0 Å². The van der Waals surface area contributed by atoms with E-state index in [0.717, 1.165) is 18.7 Å². The molecule has 0 bridgehead atoms. The van der Waals surface area contributed by atoms with Crippen LogP contribution in [0.15, 0.2) is 24.3 Å². The minimum atomic E-state index is -4.73. The molecule has 0 aliphatic carbocycles. The van der Waals surface area contributed by atoms with Gasteiger partial charge < -0.3 is 15.4 Å². The number of carbonyl (C=O) groups excluding carboxylic acids is 1. The molecule has 0 saturated carbocycles. The van der Waals surface area contributed by atoms with Crippen LogP contribution in [0, 0.1) is 0 Å². The second kappa shape index (κ2) is 8.74. The largest absolute Gasteiger partial charge is 0.573 e. The van der Waals surface area contributed by atoms with Crippen molar-refractivity contribution in [3.8, 4) is 5.75 Å². The van der Waals surface area contributed by atoms with E-state index >= 15 is 0 Å². The molecule has 120 valence electrons. The molecule has 0 aromatic heterocycles. The predicted octanol–water partition coefficient (Wildman–Crippen LogP) is 2.73. The molecule has 0 spiro atoms. The molecule has 2 N–H and O–H groups in total. The molecule has 21 heavy (non-hydrogen) atoms. The summed E-state index contributed by atoms with van der Waals surface area (Å²) in [6.45, 7) is 5.11. The van der Waals surface area contributed by atoms with E-state index in [2.05, 4.69) is 15.4 Å². The van der Waals surface area contributed by atoms with Crippen molar-refractivity contribution in [2.45, 2.75) is 26.3 Å². The SMILES string of the molecule is CCN[C@H](C)CNC(=O)c1ccc(OC(F)(F)F)cc1.Cl. The number of carbonyl (C=O) groups is 1. The fourth-order valence-corrected chi connectivity index (χ4v) is 1.58. The van der Waals surface area contributed by atoms with Crippen LogP contribution >= 0.6 is 12.4 Å². The highest BCUT2D eigenvalue weighted by Gasteiger charge is 2.31. The zero-order valence-electron chi connectivity index (χ0n) is 11.7. The summed E-state index contributed by atoms with van der Waals surface area (Å²) in [5, 5.41) is 5.81. The Morgan fingerprint density at radius 1 is 1.29 bits per heavy atom. The number of likely N-dealkylation sites (N-methyl/N-ethyl adjacent to an activating group) is 1. The van der Waals surface area contributed by atoms with Crippen LogP contribution in [0.3, 0.4) is 0 Å². The Hall–Kier alpha value is -1.47. The molecule has 0 aliphatic rings. The first kappa shape index (κ1) is 19.5. The Labute approximate surface area is 127 Å². The highest BCUT2D eigenvalue weighted by atomic mass is 35.5. The summed E-state index contributed by atoms with van der Waals surface area (Å²) in [5.74, 6) is -0.691. The Bertz CT molecular complexity index is 438. The van der Waals surface area contributed by atoms with Gasteiger partial charge in [-0.3, -0.25) is 4.79 Å². The number of alkyl halides is 3. The van der Waals surface area contributed by atoms with Crippen LogP contribution in [0.2, 0.25) is 0 Å². The summed E-state index contributed by atoms with van der Waals surface area (Å²) in [6, 6.07) is 4.91. The Balaban J connectivity index is 0.00000400. The molecule has 0 heterocycles. The second-order valence-electron chi connectivity index (χ2n) is 4.24. The van der Waals surface area contributed by atoms with Crippen LogP contribution in [0.4, 0.5) is 13.2 Å². The van der Waals surface area contributed by atoms with Gasteiger partial charge >= 0.3 is 6.36 Å². The Morgan fingerprint density at radius 3 is 2.33 bits per heavy atom. The van der Waals surface area contributed by atoms with Crippen LogP contribution in [0.1, 0.15) is 24.2 Å². The van der Waals surface area contributed by atoms with E-state index in [0.29, 0.717) is 6.54 Å². The predicted molar refractivity (Wildman–Crippen MR) is 75.8 cm³/mol. The molecule has 1 atom stereocenters. The van der Waals surface area contributed by atoms with Crippen molar-refractivity contribution in [1.29, 1.82) is 0 Å². The number of nitrogens with one attached hydrogen (secondary N) is 2. The van der Waals surface area contributed by atoms with E-state index in [1.807, 2.05) is 13.8 Å². The van der Waals surface area contributed by atoms with Crippen LogP contribution in [-0.4, -0.2) is 31.4 Å². The molecule has 0 radical (unpaired) electrons. The van der Waals surface area contributed by atoms with Gasteiger partial charge in [0.1, 0.15) is 5.75 Å². The molecular weight excluding hydrogens is 309 g/mol. The number of amides is 1. The van der Waals surface area contributed by atoms with Crippen molar-refractivity contribution < 1.29 is 22.7 Å². The van der Waals surface area contributed by atoms with E-state index < -0.39 is 6.36 Å². The van der Waals surface area contributed by atoms with Crippen molar-refractivity contribution in [1.82, 2.24) is 10.6 Å². The molecule has 1 amide bonds. The first-order valence-corrected chi connectivity index (χ1v) is 6.19. The van der Waals surface area contributed by atoms with Crippen molar-refractivity contribution >= 4 is 18.3 Å². The molecule has 0 unspecified atom stereocenters. The van der Waals surface area contributed by atoms with Gasteiger partial charge in [-0.25, -0.2) is 0 Å². The standard InChI is InChI=1S/C13H17F3N2O2.ClH/c1-3-17-9(2)8-18-12(19)10-4-6-11(7-5-10)20-13(14,15)16;/h4-7,9,17H,3,8H2,1-2H3,(H,18,19);1H/t9-;/m1./s1. The van der Waals surface area contributed by atoms with Gasteiger partial charge in [0.05, 0.1) is 0 Å². The third-order valence-electron chi connectivity index (χ3n) is 2.47. The monoisotopic (exact) mass is 326 g/mol. The first-order chi connectivity index (χ1) is 9.31. The number of rotatable bonds is 6. The number of halogens is 4. The van der Waals surface area contributed by atoms with Crippen LogP contribution < -0.4 is 15.4 Å². The summed E-state index contributed by atoms with van der Waals surface area (Å²) in [6.07, 6.45) is -4.73. The molecule has 8 heteroatoms. The van der Waals surface area contributed by atoms with Gasteiger partial charge in [0, 0.05) is 18.2 Å². The maximum absolute atomic E-state index is 12.0. The van der Waals surface area contributed by atoms with Crippen molar-refractivity contribution in [2.24, 2.45) is 0 Å². The van der Waals surface area contributed by atoms with Crippen LogP contribution in [0.25, 0.3) is 0 Å². The number of hydrogen-bond donors (Lipinski definition) is 2. The lowest BCUT2D eigenvalue weighted by atomic mass is 10.2. The van der Waals surface area contributed by atoms with E-state index in [4.69, 9.17) is 0 Å². The number of hydrogen-bond acceptors (Lipinski definition) is 3. The lowest BCUT2D eigenvalue weighted by molar-refractivity contribution is -0.274. The molecule has 1 aromatic carbocycles. The maximum Gasteiger partial charge on any atom is 0.573 e. The zero-order valence-corrected chi connectivity index (χ0v) is 12.5. The lowest BCUT2D eigenvalue weighted by Gasteiger charge is -2.13. The van der Waals surface area contributed by atoms with E-state index in [-0.39, 0.29) is 35.7 Å². The summed E-state index contributed by atoms with van der Waals surface area (Å²) in [5.41, 5.74) is 0.281. The zero-order chi connectivity index (χ0) is 15.2. The third-order valence-corrected chi connectivity index (χ3v) is 2.47. The van der Waals surface area contributed by atoms with E-state index in [1.165, 1.54) is 12.1 Å². The summed E-state index contributed by atoms with van der Waals surface area (Å²) in [4.78, 5) is 11.7. The van der Waals surface area contributed by atoms with Gasteiger partial charge in [-0.2, -0.15) is 0 Å². The Kier molecular flexibility index (Phi) is 8.12. The first-order valence-electron chi connectivity index (χ1n) is 6.19. The quantitative estimate of drug-likeness (QED) is 0.845. The van der Waals surface area contributed by atoms with Crippen LogP contribution in [0.5, 0.6) is 5.75 Å².